The quantitative estimate of drug-likeness (QED) is 0.369. The Labute approximate surface area is 194 Å². The minimum absolute atomic E-state index is 0.189. The zero-order valence-corrected chi connectivity index (χ0v) is 19.0. The number of nitrogens with zero attached hydrogens (tertiary/aromatic N) is 3. The number of benzene rings is 1. The first-order valence-electron chi connectivity index (χ1n) is 10.2. The van der Waals surface area contributed by atoms with Crippen molar-refractivity contribution in [2.45, 2.75) is 0 Å². The van der Waals surface area contributed by atoms with Gasteiger partial charge in [0.1, 0.15) is 16.4 Å². The van der Waals surface area contributed by atoms with Crippen LogP contribution in [0.25, 0.3) is 11.5 Å². The number of hydrogen-bond donors (Lipinski definition) is 1. The van der Waals surface area contributed by atoms with Crippen molar-refractivity contribution in [3.63, 3.8) is 0 Å². The largest absolute Gasteiger partial charge is 0.463 e. The van der Waals surface area contributed by atoms with Crippen LogP contribution in [-0.2, 0) is 4.74 Å². The number of amides is 1. The van der Waals surface area contributed by atoms with Gasteiger partial charge in [-0.2, -0.15) is 0 Å². The zero-order valence-electron chi connectivity index (χ0n) is 18.1. The van der Waals surface area contributed by atoms with Gasteiger partial charge >= 0.3 is 0 Å². The summed E-state index contributed by atoms with van der Waals surface area (Å²) in [6.07, 6.45) is 3.09. The number of pyridine rings is 1. The van der Waals surface area contributed by atoms with E-state index < -0.39 is 0 Å². The third-order valence-electron chi connectivity index (χ3n) is 4.87. The topological polar surface area (TPSA) is 97.6 Å². The van der Waals surface area contributed by atoms with Gasteiger partial charge in [-0.25, -0.2) is 9.97 Å². The second-order valence-electron chi connectivity index (χ2n) is 7.14. The van der Waals surface area contributed by atoms with Crippen molar-refractivity contribution >= 4 is 34.0 Å². The van der Waals surface area contributed by atoms with Gasteiger partial charge in [-0.05, 0) is 24.3 Å². The predicted molar refractivity (Wildman–Crippen MR) is 127 cm³/mol. The summed E-state index contributed by atoms with van der Waals surface area (Å²) in [5, 5.41) is 3.10. The van der Waals surface area contributed by atoms with Crippen molar-refractivity contribution in [1.29, 1.82) is 0 Å². The van der Waals surface area contributed by atoms with Crippen LogP contribution in [0.3, 0.4) is 0 Å². The summed E-state index contributed by atoms with van der Waals surface area (Å²) in [5.41, 5.74) is 1.35. The maximum absolute atomic E-state index is 13.1. The summed E-state index contributed by atoms with van der Waals surface area (Å²) in [6, 6.07) is 15.7. The van der Waals surface area contributed by atoms with Crippen LogP contribution in [0.4, 0.5) is 10.9 Å². The first kappa shape index (κ1) is 22.4. The molecule has 1 amide bonds. The fourth-order valence-electron chi connectivity index (χ4n) is 3.11. The number of methoxy groups -OCH3 is 1. The second-order valence-corrected chi connectivity index (χ2v) is 8.14. The molecule has 0 fully saturated rings. The lowest BCUT2D eigenvalue weighted by Crippen LogP contribution is -2.23. The molecule has 1 aromatic carbocycles. The molecule has 0 bridgehead atoms. The zero-order chi connectivity index (χ0) is 23.2. The summed E-state index contributed by atoms with van der Waals surface area (Å²) in [7, 11) is 3.51. The van der Waals surface area contributed by atoms with Gasteiger partial charge in [0.25, 0.3) is 5.91 Å². The van der Waals surface area contributed by atoms with Crippen molar-refractivity contribution in [2.75, 3.05) is 37.5 Å². The van der Waals surface area contributed by atoms with Crippen molar-refractivity contribution < 1.29 is 18.7 Å². The van der Waals surface area contributed by atoms with Gasteiger partial charge in [0, 0.05) is 38.0 Å². The first-order chi connectivity index (χ1) is 16.1. The van der Waals surface area contributed by atoms with E-state index in [1.54, 1.807) is 61.8 Å². The van der Waals surface area contributed by atoms with Gasteiger partial charge in [-0.3, -0.25) is 14.9 Å². The predicted octanol–water partition coefficient (Wildman–Crippen LogP) is 4.36. The number of rotatable bonds is 9. The molecule has 0 aliphatic carbocycles. The van der Waals surface area contributed by atoms with E-state index in [9.17, 15) is 9.59 Å². The molecule has 3 heterocycles. The average molecular weight is 463 g/mol. The summed E-state index contributed by atoms with van der Waals surface area (Å²) in [4.78, 5) is 37.1. The van der Waals surface area contributed by atoms with Gasteiger partial charge < -0.3 is 14.1 Å². The Morgan fingerprint density at radius 1 is 1.12 bits per heavy atom. The van der Waals surface area contributed by atoms with Crippen molar-refractivity contribution in [2.24, 2.45) is 0 Å². The van der Waals surface area contributed by atoms with Crippen LogP contribution < -0.4 is 10.2 Å². The van der Waals surface area contributed by atoms with E-state index in [-0.39, 0.29) is 11.7 Å². The van der Waals surface area contributed by atoms with Crippen LogP contribution in [0.1, 0.15) is 25.6 Å². The van der Waals surface area contributed by atoms with E-state index in [1.807, 2.05) is 18.0 Å². The molecule has 0 atom stereocenters. The third kappa shape index (κ3) is 5.16. The molecule has 1 N–H and O–H groups in total. The number of ketones is 1. The number of aromatic nitrogens is 2. The van der Waals surface area contributed by atoms with Crippen LogP contribution in [0.2, 0.25) is 0 Å². The van der Waals surface area contributed by atoms with Crippen LogP contribution in [0.5, 0.6) is 0 Å². The maximum Gasteiger partial charge on any atom is 0.257 e. The minimum Gasteiger partial charge on any atom is -0.463 e. The molecule has 0 spiro atoms. The molecular formula is C24H22N4O4S. The van der Waals surface area contributed by atoms with Gasteiger partial charge in [-0.15, -0.1) is 0 Å². The Morgan fingerprint density at radius 2 is 1.94 bits per heavy atom. The van der Waals surface area contributed by atoms with E-state index in [0.29, 0.717) is 51.6 Å². The van der Waals surface area contributed by atoms with E-state index in [0.717, 1.165) is 11.3 Å². The highest BCUT2D eigenvalue weighted by Gasteiger charge is 2.23. The Morgan fingerprint density at radius 3 is 2.67 bits per heavy atom. The molecule has 4 rings (SSSR count). The lowest BCUT2D eigenvalue weighted by Gasteiger charge is -2.17. The van der Waals surface area contributed by atoms with Crippen LogP contribution in [0.15, 0.2) is 71.5 Å². The van der Waals surface area contributed by atoms with E-state index in [4.69, 9.17) is 9.15 Å². The summed E-state index contributed by atoms with van der Waals surface area (Å²) in [5.74, 6) is 0.565. The van der Waals surface area contributed by atoms with Crippen molar-refractivity contribution in [3.8, 4) is 11.5 Å². The number of ether oxygens (including phenoxy) is 1. The highest BCUT2D eigenvalue weighted by atomic mass is 32.1. The normalized spacial score (nSPS) is 10.7. The van der Waals surface area contributed by atoms with Gasteiger partial charge in [0.2, 0.25) is 5.78 Å². The van der Waals surface area contributed by atoms with Gasteiger partial charge in [-0.1, -0.05) is 41.7 Å². The number of hydrogen-bond acceptors (Lipinski definition) is 8. The maximum atomic E-state index is 13.1. The molecule has 4 aromatic rings. The lowest BCUT2D eigenvalue weighted by atomic mass is 10.1. The number of nitrogens with one attached hydrogen (secondary N) is 1. The molecular weight excluding hydrogens is 440 g/mol. The molecule has 3 aromatic heterocycles. The number of carbonyl (C=O) groups excluding carboxylic acids is 2. The third-order valence-corrected chi connectivity index (χ3v) is 5.84. The standard InChI is InChI=1S/C24H22N4O4S/c1-28(12-14-31-2)19-15-17(10-11-25-19)23(30)27-24-26-20(18-9-6-13-32-18)22(33-24)21(29)16-7-4-3-5-8-16/h3-11,13,15H,12,14H2,1-2H3,(H,26,27,30). The highest BCUT2D eigenvalue weighted by Crippen LogP contribution is 2.33. The van der Waals surface area contributed by atoms with Gasteiger partial charge in [0.15, 0.2) is 10.9 Å². The molecule has 0 radical (unpaired) electrons. The molecule has 0 unspecified atom stereocenters. The molecule has 0 aliphatic heterocycles. The molecule has 0 aliphatic rings. The SMILES string of the molecule is COCCN(C)c1cc(C(=O)Nc2nc(-c3ccco3)c(C(=O)c3ccccc3)s2)ccn1. The Hall–Kier alpha value is -3.82. The molecule has 0 saturated carbocycles. The van der Waals surface area contributed by atoms with Crippen molar-refractivity contribution in [3.05, 3.63) is 83.1 Å². The lowest BCUT2D eigenvalue weighted by molar-refractivity contribution is 0.102. The number of anilines is 2. The van der Waals surface area contributed by atoms with Crippen LogP contribution in [0, 0.1) is 0 Å². The number of thiazole rings is 1. The molecule has 8 nitrogen and oxygen atoms in total. The molecule has 9 heteroatoms. The van der Waals surface area contributed by atoms with Gasteiger partial charge in [0.05, 0.1) is 12.9 Å². The van der Waals surface area contributed by atoms with E-state index in [2.05, 4.69) is 15.3 Å². The summed E-state index contributed by atoms with van der Waals surface area (Å²) in [6.45, 7) is 1.18. The fraction of sp³-hybridized carbons (Fsp3) is 0.167. The minimum atomic E-state index is -0.350. The number of likely N-dealkylation sites (N-methyl/N-ethyl adjacent to an activating group) is 1. The van der Waals surface area contributed by atoms with E-state index >= 15 is 0 Å². The highest BCUT2D eigenvalue weighted by molar-refractivity contribution is 7.18. The molecule has 33 heavy (non-hydrogen) atoms. The van der Waals surface area contributed by atoms with Crippen LogP contribution in [-0.4, -0.2) is 49.0 Å². The van der Waals surface area contributed by atoms with E-state index in [1.165, 1.54) is 6.26 Å². The summed E-state index contributed by atoms with van der Waals surface area (Å²) >= 11 is 1.11. The van der Waals surface area contributed by atoms with Crippen molar-refractivity contribution in [1.82, 2.24) is 9.97 Å². The number of carbonyl (C=O) groups is 2. The monoisotopic (exact) mass is 462 g/mol. The number of furan rings is 1. The average Bonchev–Trinajstić information content (AvgIpc) is 3.53. The Kier molecular flexibility index (Phi) is 6.92. The van der Waals surface area contributed by atoms with Crippen LogP contribution >= 0.6 is 11.3 Å². The molecule has 0 saturated heterocycles. The first-order valence-corrected chi connectivity index (χ1v) is 11.0. The fourth-order valence-corrected chi connectivity index (χ4v) is 4.04. The molecule has 168 valence electrons. The smallest absolute Gasteiger partial charge is 0.257 e. The second kappa shape index (κ2) is 10.2. The Bertz CT molecular complexity index is 1240. The summed E-state index contributed by atoms with van der Waals surface area (Å²) < 4.78 is 10.6. The Balaban J connectivity index is 1.60.